The molecule has 0 aliphatic rings. The molecule has 0 spiro atoms. The van der Waals surface area contributed by atoms with Crippen LogP contribution in [0.2, 0.25) is 0 Å². The van der Waals surface area contributed by atoms with Gasteiger partial charge in [-0.1, -0.05) is 29.0 Å². The lowest BCUT2D eigenvalue weighted by Crippen LogP contribution is -2.22. The van der Waals surface area contributed by atoms with E-state index >= 15 is 0 Å². The van der Waals surface area contributed by atoms with Crippen molar-refractivity contribution < 1.29 is 13.2 Å². The Morgan fingerprint density at radius 1 is 1.29 bits per heavy atom. The molecule has 1 N–H and O–H groups in total. The molecule has 0 saturated carbocycles. The number of sulfonamides is 1. The van der Waals surface area contributed by atoms with Gasteiger partial charge in [-0.25, -0.2) is 12.7 Å². The lowest BCUT2D eigenvalue weighted by Gasteiger charge is -2.06. The number of carbonyl (C=O) groups is 1. The molecule has 0 fully saturated rings. The number of hydrogen-bond donors (Lipinski definition) is 1. The Hall–Kier alpha value is -1.84. The molecule has 0 bridgehead atoms. The number of rotatable bonds is 4. The summed E-state index contributed by atoms with van der Waals surface area (Å²) in [4.78, 5) is 12.0. The molecule has 1 aromatic heterocycles. The van der Waals surface area contributed by atoms with Gasteiger partial charge in [-0.05, 0) is 19.1 Å². The number of nitrogens with one attached hydrogen (secondary N) is 1. The normalized spacial score (nSPS) is 11.6. The Morgan fingerprint density at radius 2 is 2.00 bits per heavy atom. The van der Waals surface area contributed by atoms with Gasteiger partial charge in [0.25, 0.3) is 15.9 Å². The number of hydrogen-bond acceptors (Lipinski definition) is 6. The largest absolute Gasteiger partial charge is 0.296 e. The van der Waals surface area contributed by atoms with Crippen LogP contribution in [0.4, 0.5) is 5.13 Å². The number of aromatic nitrogens is 2. The van der Waals surface area contributed by atoms with Crippen LogP contribution in [0.3, 0.4) is 0 Å². The van der Waals surface area contributed by atoms with Crippen LogP contribution < -0.4 is 5.32 Å². The van der Waals surface area contributed by atoms with Gasteiger partial charge >= 0.3 is 0 Å². The van der Waals surface area contributed by atoms with Crippen molar-refractivity contribution in [2.24, 2.45) is 0 Å². The third-order valence-electron chi connectivity index (χ3n) is 2.61. The summed E-state index contributed by atoms with van der Waals surface area (Å²) in [7, 11) is -0.827. The molecular formula is C12H14N4O3S2. The van der Waals surface area contributed by atoms with Crippen molar-refractivity contribution in [1.82, 2.24) is 14.5 Å². The standard InChI is InChI=1S/C12H14N4O3S2/c1-8-5-4-6-9(7-8)10(17)13-11-14-15-12(20-11)21(18,19)16(2)3/h4-7H,1-3H3,(H,13,14,17). The van der Waals surface area contributed by atoms with Crippen molar-refractivity contribution in [3.05, 3.63) is 35.4 Å². The van der Waals surface area contributed by atoms with E-state index < -0.39 is 10.0 Å². The van der Waals surface area contributed by atoms with Gasteiger partial charge in [0.2, 0.25) is 9.47 Å². The fourth-order valence-electron chi connectivity index (χ4n) is 1.48. The highest BCUT2D eigenvalue weighted by Gasteiger charge is 2.23. The lowest BCUT2D eigenvalue weighted by molar-refractivity contribution is 0.102. The number of carbonyl (C=O) groups excluding carboxylic acids is 1. The van der Waals surface area contributed by atoms with Gasteiger partial charge in [-0.2, -0.15) is 0 Å². The van der Waals surface area contributed by atoms with E-state index in [4.69, 9.17) is 0 Å². The maximum Gasteiger partial charge on any atom is 0.271 e. The molecule has 0 aliphatic carbocycles. The van der Waals surface area contributed by atoms with E-state index in [9.17, 15) is 13.2 Å². The van der Waals surface area contributed by atoms with Gasteiger partial charge in [0, 0.05) is 19.7 Å². The van der Waals surface area contributed by atoms with Crippen LogP contribution in [0.1, 0.15) is 15.9 Å². The Balaban J connectivity index is 2.19. The van der Waals surface area contributed by atoms with Crippen LogP contribution in [0.15, 0.2) is 28.6 Å². The predicted octanol–water partition coefficient (Wildman–Crippen LogP) is 1.35. The molecule has 1 heterocycles. The quantitative estimate of drug-likeness (QED) is 0.856. The van der Waals surface area contributed by atoms with Crippen molar-refractivity contribution in [1.29, 1.82) is 0 Å². The molecule has 0 radical (unpaired) electrons. The molecule has 1 amide bonds. The Kier molecular flexibility index (Phi) is 4.35. The summed E-state index contributed by atoms with van der Waals surface area (Å²) in [5.41, 5.74) is 1.43. The van der Waals surface area contributed by atoms with Crippen LogP contribution in [0.5, 0.6) is 0 Å². The molecule has 0 atom stereocenters. The number of benzene rings is 1. The molecule has 2 aromatic rings. The van der Waals surface area contributed by atoms with Gasteiger partial charge in [0.05, 0.1) is 0 Å². The zero-order valence-corrected chi connectivity index (χ0v) is 13.3. The summed E-state index contributed by atoms with van der Waals surface area (Å²) in [5.74, 6) is -0.358. The van der Waals surface area contributed by atoms with Gasteiger partial charge in [0.1, 0.15) is 0 Å². The molecule has 2 rings (SSSR count). The molecule has 21 heavy (non-hydrogen) atoms. The monoisotopic (exact) mass is 326 g/mol. The summed E-state index contributed by atoms with van der Waals surface area (Å²) in [6, 6.07) is 7.05. The second kappa shape index (κ2) is 5.88. The van der Waals surface area contributed by atoms with Crippen LogP contribution in [-0.2, 0) is 10.0 Å². The zero-order valence-electron chi connectivity index (χ0n) is 11.7. The summed E-state index contributed by atoms with van der Waals surface area (Å²) in [6.45, 7) is 1.88. The van der Waals surface area contributed by atoms with Crippen molar-refractivity contribution in [3.8, 4) is 0 Å². The van der Waals surface area contributed by atoms with E-state index in [-0.39, 0.29) is 15.4 Å². The maximum atomic E-state index is 12.0. The Morgan fingerprint density at radius 3 is 2.62 bits per heavy atom. The number of aryl methyl sites for hydroxylation is 1. The summed E-state index contributed by atoms with van der Waals surface area (Å²) in [5, 5.41) is 9.96. The van der Waals surface area contributed by atoms with Crippen LogP contribution in [0, 0.1) is 6.92 Å². The topological polar surface area (TPSA) is 92.3 Å². The fraction of sp³-hybridized carbons (Fsp3) is 0.250. The molecule has 0 aliphatic heterocycles. The fourth-order valence-corrected chi connectivity index (χ4v) is 3.51. The second-order valence-corrected chi connectivity index (χ2v) is 7.79. The average Bonchev–Trinajstić information content (AvgIpc) is 2.87. The van der Waals surface area contributed by atoms with E-state index in [0.717, 1.165) is 21.2 Å². The molecule has 9 heteroatoms. The molecule has 7 nitrogen and oxygen atoms in total. The highest BCUT2D eigenvalue weighted by atomic mass is 32.2. The number of amides is 1. The van der Waals surface area contributed by atoms with E-state index in [1.54, 1.807) is 18.2 Å². The lowest BCUT2D eigenvalue weighted by atomic mass is 10.1. The Labute approximate surface area is 126 Å². The Bertz CT molecular complexity index is 768. The molecule has 0 unspecified atom stereocenters. The van der Waals surface area contributed by atoms with Crippen LogP contribution in [-0.4, -0.2) is 42.9 Å². The highest BCUT2D eigenvalue weighted by Crippen LogP contribution is 2.22. The minimum atomic E-state index is -3.64. The third-order valence-corrected chi connectivity index (χ3v) is 5.61. The molecule has 112 valence electrons. The maximum absolute atomic E-state index is 12.0. The third kappa shape index (κ3) is 3.43. The molecule has 1 aromatic carbocycles. The second-order valence-electron chi connectivity index (χ2n) is 4.48. The summed E-state index contributed by atoms with van der Waals surface area (Å²) >= 11 is 0.812. The summed E-state index contributed by atoms with van der Waals surface area (Å²) < 4.78 is 24.6. The van der Waals surface area contributed by atoms with E-state index in [0.29, 0.717) is 5.56 Å². The first-order valence-electron chi connectivity index (χ1n) is 5.95. The minimum absolute atomic E-state index is 0.141. The number of nitrogens with zero attached hydrogens (tertiary/aromatic N) is 3. The van der Waals surface area contributed by atoms with E-state index in [1.165, 1.54) is 14.1 Å². The van der Waals surface area contributed by atoms with E-state index in [1.807, 2.05) is 13.0 Å². The predicted molar refractivity (Wildman–Crippen MR) is 79.9 cm³/mol. The van der Waals surface area contributed by atoms with Crippen LogP contribution in [0.25, 0.3) is 0 Å². The van der Waals surface area contributed by atoms with Gasteiger partial charge < -0.3 is 0 Å². The smallest absolute Gasteiger partial charge is 0.271 e. The average molecular weight is 326 g/mol. The van der Waals surface area contributed by atoms with Crippen molar-refractivity contribution in [2.45, 2.75) is 11.3 Å². The van der Waals surface area contributed by atoms with Gasteiger partial charge in [-0.15, -0.1) is 10.2 Å². The summed E-state index contributed by atoms with van der Waals surface area (Å²) in [6.07, 6.45) is 0. The van der Waals surface area contributed by atoms with Crippen molar-refractivity contribution in [3.63, 3.8) is 0 Å². The minimum Gasteiger partial charge on any atom is -0.296 e. The van der Waals surface area contributed by atoms with Crippen molar-refractivity contribution in [2.75, 3.05) is 19.4 Å². The SMILES string of the molecule is Cc1cccc(C(=O)Nc2nnc(S(=O)(=O)N(C)C)s2)c1. The van der Waals surface area contributed by atoms with E-state index in [2.05, 4.69) is 15.5 Å². The van der Waals surface area contributed by atoms with Gasteiger partial charge in [-0.3, -0.25) is 10.1 Å². The first kappa shape index (κ1) is 15.5. The molecule has 0 saturated heterocycles. The number of anilines is 1. The first-order valence-corrected chi connectivity index (χ1v) is 8.20. The van der Waals surface area contributed by atoms with Gasteiger partial charge in [0.15, 0.2) is 0 Å². The molecular weight excluding hydrogens is 312 g/mol. The van der Waals surface area contributed by atoms with Crippen LogP contribution >= 0.6 is 11.3 Å². The first-order chi connectivity index (χ1) is 9.80. The van der Waals surface area contributed by atoms with Crippen molar-refractivity contribution >= 4 is 32.4 Å². The zero-order chi connectivity index (χ0) is 15.6. The highest BCUT2D eigenvalue weighted by molar-refractivity contribution is 7.91.